The van der Waals surface area contributed by atoms with E-state index in [4.69, 9.17) is 9.47 Å². The van der Waals surface area contributed by atoms with E-state index in [2.05, 4.69) is 0 Å². The lowest BCUT2D eigenvalue weighted by Crippen LogP contribution is -2.34. The average molecular weight is 296 g/mol. The summed E-state index contributed by atoms with van der Waals surface area (Å²) in [4.78, 5) is 0. The average Bonchev–Trinajstić information content (AvgIpc) is 2.74. The summed E-state index contributed by atoms with van der Waals surface area (Å²) in [6.45, 7) is 1.41. The Morgan fingerprint density at radius 3 is 2.38 bits per heavy atom. The normalized spacial score (nSPS) is 20.6. The summed E-state index contributed by atoms with van der Waals surface area (Å²) < 4.78 is 50.4. The minimum atomic E-state index is -4.51. The van der Waals surface area contributed by atoms with Gasteiger partial charge in [0, 0.05) is 18.6 Å². The van der Waals surface area contributed by atoms with Gasteiger partial charge in [0.05, 0.1) is 5.56 Å². The van der Waals surface area contributed by atoms with Crippen LogP contribution in [0.3, 0.4) is 0 Å². The highest BCUT2D eigenvalue weighted by molar-refractivity contribution is 5.49. The first-order valence-electron chi connectivity index (χ1n) is 6.17. The maximum Gasteiger partial charge on any atom is 0.416 e. The Morgan fingerprint density at radius 2 is 1.67 bits per heavy atom. The number of fused-ring (bicyclic) bond motifs is 1. The summed E-state index contributed by atoms with van der Waals surface area (Å²) in [6.07, 6.45) is -4.51. The topological polar surface area (TPSA) is 38.7 Å². The number of phenolic OH excluding ortho intramolecular Hbond substituents is 1. The molecule has 2 aromatic carbocycles. The van der Waals surface area contributed by atoms with Crippen LogP contribution in [0.15, 0.2) is 42.5 Å². The molecule has 3 nitrogen and oxygen atoms in total. The molecule has 0 amide bonds. The summed E-state index contributed by atoms with van der Waals surface area (Å²) in [5.74, 6) is -1.16. The Morgan fingerprint density at radius 1 is 1.00 bits per heavy atom. The Balaban J connectivity index is 2.07. The quantitative estimate of drug-likeness (QED) is 0.862. The lowest BCUT2D eigenvalue weighted by Gasteiger charge is -2.26. The van der Waals surface area contributed by atoms with Gasteiger partial charge >= 0.3 is 6.18 Å². The van der Waals surface area contributed by atoms with Gasteiger partial charge in [-0.05, 0) is 18.2 Å². The van der Waals surface area contributed by atoms with E-state index in [0.29, 0.717) is 0 Å². The maximum atomic E-state index is 13.1. The van der Waals surface area contributed by atoms with Gasteiger partial charge in [0.15, 0.2) is 11.5 Å². The zero-order valence-electron chi connectivity index (χ0n) is 10.9. The molecule has 1 aliphatic heterocycles. The Bertz CT molecular complexity index is 697. The summed E-state index contributed by atoms with van der Waals surface area (Å²) >= 11 is 0. The van der Waals surface area contributed by atoms with Gasteiger partial charge < -0.3 is 14.6 Å². The number of benzene rings is 2. The molecule has 2 aromatic rings. The smallest absolute Gasteiger partial charge is 0.416 e. The number of rotatable bonds is 1. The molecule has 0 aromatic heterocycles. The first kappa shape index (κ1) is 13.6. The minimum Gasteiger partial charge on any atom is -0.508 e. The van der Waals surface area contributed by atoms with E-state index in [-0.39, 0.29) is 22.8 Å². The van der Waals surface area contributed by atoms with Crippen LogP contribution >= 0.6 is 0 Å². The van der Waals surface area contributed by atoms with Crippen molar-refractivity contribution in [3.63, 3.8) is 0 Å². The molecular weight excluding hydrogens is 285 g/mol. The summed E-state index contributed by atoms with van der Waals surface area (Å²) in [5, 5.41) is 9.41. The molecule has 0 fully saturated rings. The van der Waals surface area contributed by atoms with Gasteiger partial charge in [0.2, 0.25) is 0 Å². The first-order valence-corrected chi connectivity index (χ1v) is 6.17. The van der Waals surface area contributed by atoms with Crippen molar-refractivity contribution < 1.29 is 27.8 Å². The second kappa shape index (κ2) is 4.31. The summed E-state index contributed by atoms with van der Waals surface area (Å²) in [6, 6.07) is 9.22. The van der Waals surface area contributed by atoms with Crippen molar-refractivity contribution in [2.45, 2.75) is 18.9 Å². The molecule has 1 unspecified atom stereocenters. The van der Waals surface area contributed by atoms with Gasteiger partial charge in [0.25, 0.3) is 5.79 Å². The van der Waals surface area contributed by atoms with E-state index in [1.54, 1.807) is 0 Å². The van der Waals surface area contributed by atoms with E-state index in [1.165, 1.54) is 43.3 Å². The number of hydrogen-bond donors (Lipinski definition) is 1. The van der Waals surface area contributed by atoms with Crippen LogP contribution in [0.4, 0.5) is 13.2 Å². The van der Waals surface area contributed by atoms with Crippen molar-refractivity contribution in [2.24, 2.45) is 0 Å². The number of halogens is 3. The predicted molar refractivity (Wildman–Crippen MR) is 68.2 cm³/mol. The van der Waals surface area contributed by atoms with Crippen LogP contribution < -0.4 is 9.47 Å². The largest absolute Gasteiger partial charge is 0.508 e. The Kier molecular flexibility index (Phi) is 2.79. The molecule has 0 aliphatic carbocycles. The highest BCUT2D eigenvalue weighted by Gasteiger charge is 2.45. The molecule has 0 spiro atoms. The monoisotopic (exact) mass is 296 g/mol. The van der Waals surface area contributed by atoms with Gasteiger partial charge in [0.1, 0.15) is 5.75 Å². The number of ether oxygens (including phenoxy) is 2. The molecule has 1 atom stereocenters. The molecule has 21 heavy (non-hydrogen) atoms. The second-order valence-electron chi connectivity index (χ2n) is 4.82. The van der Waals surface area contributed by atoms with Crippen LogP contribution in [0.5, 0.6) is 17.2 Å². The van der Waals surface area contributed by atoms with Gasteiger partial charge in [-0.25, -0.2) is 0 Å². The third-order valence-electron chi connectivity index (χ3n) is 3.26. The number of aromatic hydroxyl groups is 1. The van der Waals surface area contributed by atoms with Gasteiger partial charge in [-0.2, -0.15) is 13.2 Å². The number of hydrogen-bond acceptors (Lipinski definition) is 3. The van der Waals surface area contributed by atoms with E-state index in [0.717, 1.165) is 6.07 Å². The van der Waals surface area contributed by atoms with E-state index < -0.39 is 17.5 Å². The van der Waals surface area contributed by atoms with Crippen molar-refractivity contribution in [1.29, 1.82) is 0 Å². The molecule has 110 valence electrons. The fourth-order valence-electron chi connectivity index (χ4n) is 2.34. The number of alkyl halides is 3. The molecule has 0 bridgehead atoms. The van der Waals surface area contributed by atoms with E-state index in [9.17, 15) is 18.3 Å². The molecule has 6 heteroatoms. The van der Waals surface area contributed by atoms with Crippen molar-refractivity contribution in [3.8, 4) is 17.2 Å². The molecule has 0 radical (unpaired) electrons. The highest BCUT2D eigenvalue weighted by atomic mass is 19.4. The number of phenols is 1. The Hall–Kier alpha value is -2.37. The van der Waals surface area contributed by atoms with E-state index in [1.807, 2.05) is 0 Å². The SMILES string of the molecule is CC1(c2ccccc2C(F)(F)F)Oc2ccc(O)cc2O1. The van der Waals surface area contributed by atoms with Crippen molar-refractivity contribution in [1.82, 2.24) is 0 Å². The molecule has 0 saturated heterocycles. The lowest BCUT2D eigenvalue weighted by atomic mass is 10.00. The highest BCUT2D eigenvalue weighted by Crippen LogP contribution is 2.47. The standard InChI is InChI=1S/C15H11F3O3/c1-14(10-4-2-3-5-11(10)15(16,17)18)20-12-7-6-9(19)8-13(12)21-14/h2-8,19H,1H3. The Labute approximate surface area is 118 Å². The van der Waals surface area contributed by atoms with Crippen LogP contribution in [-0.2, 0) is 12.0 Å². The summed E-state index contributed by atoms with van der Waals surface area (Å²) in [7, 11) is 0. The zero-order valence-corrected chi connectivity index (χ0v) is 10.9. The first-order chi connectivity index (χ1) is 9.79. The van der Waals surface area contributed by atoms with Crippen LogP contribution in [-0.4, -0.2) is 5.11 Å². The van der Waals surface area contributed by atoms with Crippen molar-refractivity contribution >= 4 is 0 Å². The third-order valence-corrected chi connectivity index (χ3v) is 3.26. The van der Waals surface area contributed by atoms with Crippen LogP contribution in [0, 0.1) is 0 Å². The maximum absolute atomic E-state index is 13.1. The molecule has 3 rings (SSSR count). The van der Waals surface area contributed by atoms with Crippen molar-refractivity contribution in [3.05, 3.63) is 53.6 Å². The molecule has 1 aliphatic rings. The van der Waals surface area contributed by atoms with Crippen LogP contribution in [0.25, 0.3) is 0 Å². The second-order valence-corrected chi connectivity index (χ2v) is 4.82. The lowest BCUT2D eigenvalue weighted by molar-refractivity contribution is -0.145. The summed E-state index contributed by atoms with van der Waals surface area (Å²) in [5.41, 5.74) is -0.933. The van der Waals surface area contributed by atoms with Crippen molar-refractivity contribution in [2.75, 3.05) is 0 Å². The predicted octanol–water partition coefficient (Wildman–Crippen LogP) is 4.06. The minimum absolute atomic E-state index is 0.0503. The molecular formula is C15H11F3O3. The van der Waals surface area contributed by atoms with Crippen LogP contribution in [0.1, 0.15) is 18.1 Å². The molecule has 1 N–H and O–H groups in total. The van der Waals surface area contributed by atoms with Gasteiger partial charge in [-0.3, -0.25) is 0 Å². The molecule has 0 saturated carbocycles. The molecule has 1 heterocycles. The van der Waals surface area contributed by atoms with Crippen LogP contribution in [0.2, 0.25) is 0 Å². The van der Waals surface area contributed by atoms with E-state index >= 15 is 0 Å². The third kappa shape index (κ3) is 2.26. The fourth-order valence-corrected chi connectivity index (χ4v) is 2.34. The fraction of sp³-hybridized carbons (Fsp3) is 0.200. The van der Waals surface area contributed by atoms with Gasteiger partial charge in [-0.1, -0.05) is 18.2 Å². The zero-order chi connectivity index (χ0) is 15.3. The van der Waals surface area contributed by atoms with Gasteiger partial charge in [-0.15, -0.1) is 0 Å².